The maximum Gasteiger partial charge on any atom is 0.230 e. The Hall–Kier alpha value is -2.93. The molecule has 0 radical (unpaired) electrons. The largest absolute Gasteiger partial charge is 0.457 e. The smallest absolute Gasteiger partial charge is 0.230 e. The molecule has 0 fully saturated rings. The predicted octanol–water partition coefficient (Wildman–Crippen LogP) is 4.05. The van der Waals surface area contributed by atoms with Crippen molar-refractivity contribution < 1.29 is 17.5 Å². The molecule has 2 aromatic carbocycles. The normalized spacial score (nSPS) is 11.1. The van der Waals surface area contributed by atoms with Crippen molar-refractivity contribution >= 4 is 15.8 Å². The fraction of sp³-hybridized carbons (Fsp3) is 0.0556. The molecule has 3 rings (SSSR count). The van der Waals surface area contributed by atoms with Crippen LogP contribution in [0.2, 0.25) is 0 Å². The van der Waals surface area contributed by atoms with Crippen molar-refractivity contribution in [2.75, 3.05) is 11.0 Å². The van der Waals surface area contributed by atoms with Gasteiger partial charge in [0.05, 0.1) is 11.9 Å². The number of halogens is 1. The molecule has 128 valence electrons. The van der Waals surface area contributed by atoms with Crippen molar-refractivity contribution in [3.05, 3.63) is 72.5 Å². The predicted molar refractivity (Wildman–Crippen MR) is 94.6 cm³/mol. The molecule has 0 spiro atoms. The first-order valence-corrected chi connectivity index (χ1v) is 9.27. The summed E-state index contributed by atoms with van der Waals surface area (Å²) < 4.78 is 43.5. The van der Waals surface area contributed by atoms with Gasteiger partial charge in [-0.25, -0.2) is 17.8 Å². The highest BCUT2D eigenvalue weighted by atomic mass is 32.2. The minimum atomic E-state index is -3.38. The number of nitrogens with one attached hydrogen (secondary N) is 1. The summed E-state index contributed by atoms with van der Waals surface area (Å²) in [5.41, 5.74) is 1.44. The number of pyridine rings is 1. The van der Waals surface area contributed by atoms with Crippen LogP contribution in [0.4, 0.5) is 10.2 Å². The third-order valence-corrected chi connectivity index (χ3v) is 3.82. The van der Waals surface area contributed by atoms with E-state index in [1.54, 1.807) is 42.5 Å². The zero-order valence-corrected chi connectivity index (χ0v) is 14.1. The summed E-state index contributed by atoms with van der Waals surface area (Å²) in [7, 11) is -3.38. The fourth-order valence-corrected chi connectivity index (χ4v) is 2.67. The molecule has 0 saturated carbocycles. The summed E-state index contributed by atoms with van der Waals surface area (Å²) in [5.74, 6) is 1.07. The van der Waals surface area contributed by atoms with Crippen molar-refractivity contribution in [1.29, 1.82) is 0 Å². The van der Waals surface area contributed by atoms with Gasteiger partial charge in [0.15, 0.2) is 0 Å². The number of anilines is 1. The van der Waals surface area contributed by atoms with Gasteiger partial charge in [0.1, 0.15) is 23.1 Å². The number of sulfonamides is 1. The minimum Gasteiger partial charge on any atom is -0.457 e. The van der Waals surface area contributed by atoms with Crippen molar-refractivity contribution in [2.24, 2.45) is 0 Å². The van der Waals surface area contributed by atoms with E-state index in [4.69, 9.17) is 4.74 Å². The second-order valence-electron chi connectivity index (χ2n) is 5.36. The summed E-state index contributed by atoms with van der Waals surface area (Å²) in [6.45, 7) is 0. The average Bonchev–Trinajstić information content (AvgIpc) is 2.56. The van der Waals surface area contributed by atoms with Gasteiger partial charge >= 0.3 is 0 Å². The fourth-order valence-electron chi connectivity index (χ4n) is 2.17. The van der Waals surface area contributed by atoms with Crippen LogP contribution < -0.4 is 9.46 Å². The number of ether oxygens (including phenoxy) is 1. The standard InChI is InChI=1S/C18H15FN2O3S/c1-25(22,23)21-18-4-2-3-17(20-18)13-5-9-15(10-6-13)24-16-11-7-14(19)8-12-16/h2-12H,1H3,(H,20,21). The van der Waals surface area contributed by atoms with Crippen LogP contribution in [0.15, 0.2) is 66.7 Å². The molecule has 1 N–H and O–H groups in total. The highest BCUT2D eigenvalue weighted by Crippen LogP contribution is 2.25. The monoisotopic (exact) mass is 358 g/mol. The molecule has 0 unspecified atom stereocenters. The van der Waals surface area contributed by atoms with Crippen molar-refractivity contribution in [1.82, 2.24) is 4.98 Å². The molecule has 0 aliphatic rings. The lowest BCUT2D eigenvalue weighted by molar-refractivity contribution is 0.480. The van der Waals surface area contributed by atoms with E-state index in [1.165, 1.54) is 12.1 Å². The van der Waals surface area contributed by atoms with Gasteiger partial charge in [0, 0.05) is 5.56 Å². The lowest BCUT2D eigenvalue weighted by Gasteiger charge is -2.08. The molecule has 5 nitrogen and oxygen atoms in total. The van der Waals surface area contributed by atoms with Gasteiger partial charge in [-0.3, -0.25) is 4.72 Å². The zero-order valence-electron chi connectivity index (χ0n) is 13.3. The number of hydrogen-bond donors (Lipinski definition) is 1. The summed E-state index contributed by atoms with van der Waals surface area (Å²) >= 11 is 0. The number of aromatic nitrogens is 1. The van der Waals surface area contributed by atoms with E-state index < -0.39 is 10.0 Å². The lowest BCUT2D eigenvalue weighted by Crippen LogP contribution is -2.10. The Bertz CT molecular complexity index is 972. The Morgan fingerprint density at radius 3 is 2.12 bits per heavy atom. The maximum atomic E-state index is 12.9. The van der Waals surface area contributed by atoms with Gasteiger partial charge < -0.3 is 4.74 Å². The van der Waals surface area contributed by atoms with Gasteiger partial charge in [0.25, 0.3) is 0 Å². The Labute approximate surface area is 145 Å². The van der Waals surface area contributed by atoms with E-state index in [-0.39, 0.29) is 11.6 Å². The first-order chi connectivity index (χ1) is 11.9. The number of benzene rings is 2. The van der Waals surface area contributed by atoms with Crippen LogP contribution in [0.1, 0.15) is 0 Å². The van der Waals surface area contributed by atoms with Crippen LogP contribution in [0.5, 0.6) is 11.5 Å². The van der Waals surface area contributed by atoms with Crippen LogP contribution >= 0.6 is 0 Å². The van der Waals surface area contributed by atoms with E-state index in [2.05, 4.69) is 9.71 Å². The average molecular weight is 358 g/mol. The Kier molecular flexibility index (Phi) is 4.67. The zero-order chi connectivity index (χ0) is 17.9. The van der Waals surface area contributed by atoms with Crippen LogP contribution in [-0.2, 0) is 10.0 Å². The van der Waals surface area contributed by atoms with Crippen LogP contribution in [0, 0.1) is 5.82 Å². The number of rotatable bonds is 5. The molecule has 0 aliphatic carbocycles. The molecule has 0 aliphatic heterocycles. The van der Waals surface area contributed by atoms with Crippen molar-refractivity contribution in [3.63, 3.8) is 0 Å². The van der Waals surface area contributed by atoms with Gasteiger partial charge in [-0.15, -0.1) is 0 Å². The summed E-state index contributed by atoms with van der Waals surface area (Å²) in [4.78, 5) is 4.28. The number of hydrogen-bond acceptors (Lipinski definition) is 4. The second-order valence-corrected chi connectivity index (χ2v) is 7.11. The van der Waals surface area contributed by atoms with Crippen molar-refractivity contribution in [3.8, 4) is 22.8 Å². The van der Waals surface area contributed by atoms with E-state index in [1.807, 2.05) is 12.1 Å². The molecule has 1 aromatic heterocycles. The van der Waals surface area contributed by atoms with Gasteiger partial charge in [-0.1, -0.05) is 6.07 Å². The quantitative estimate of drug-likeness (QED) is 0.747. The van der Waals surface area contributed by atoms with Gasteiger partial charge in [-0.2, -0.15) is 0 Å². The van der Waals surface area contributed by atoms with Crippen LogP contribution in [-0.4, -0.2) is 19.7 Å². The highest BCUT2D eigenvalue weighted by Gasteiger charge is 2.06. The van der Waals surface area contributed by atoms with Gasteiger partial charge in [0.2, 0.25) is 10.0 Å². The van der Waals surface area contributed by atoms with Crippen molar-refractivity contribution in [2.45, 2.75) is 0 Å². The maximum absolute atomic E-state index is 12.9. The minimum absolute atomic E-state index is 0.256. The lowest BCUT2D eigenvalue weighted by atomic mass is 10.1. The Balaban J connectivity index is 1.78. The topological polar surface area (TPSA) is 68.3 Å². The first kappa shape index (κ1) is 16.9. The molecule has 0 saturated heterocycles. The molecule has 1 heterocycles. The molecule has 0 bridgehead atoms. The Morgan fingerprint density at radius 1 is 0.920 bits per heavy atom. The summed E-state index contributed by atoms with van der Waals surface area (Å²) in [5, 5.41) is 0. The molecular weight excluding hydrogens is 343 g/mol. The highest BCUT2D eigenvalue weighted by molar-refractivity contribution is 7.92. The molecule has 0 amide bonds. The van der Waals surface area contributed by atoms with Crippen LogP contribution in [0.25, 0.3) is 11.3 Å². The third kappa shape index (κ3) is 4.77. The molecule has 7 heteroatoms. The SMILES string of the molecule is CS(=O)(=O)Nc1cccc(-c2ccc(Oc3ccc(F)cc3)cc2)n1. The van der Waals surface area contributed by atoms with Crippen LogP contribution in [0.3, 0.4) is 0 Å². The van der Waals surface area contributed by atoms with Gasteiger partial charge in [-0.05, 0) is 60.7 Å². The van der Waals surface area contributed by atoms with E-state index in [0.29, 0.717) is 17.2 Å². The third-order valence-electron chi connectivity index (χ3n) is 3.24. The van der Waals surface area contributed by atoms with E-state index >= 15 is 0 Å². The van der Waals surface area contributed by atoms with E-state index in [0.717, 1.165) is 11.8 Å². The molecule has 0 atom stereocenters. The summed E-state index contributed by atoms with van der Waals surface area (Å²) in [6, 6.07) is 18.0. The Morgan fingerprint density at radius 2 is 1.52 bits per heavy atom. The summed E-state index contributed by atoms with van der Waals surface area (Å²) in [6.07, 6.45) is 1.07. The molecular formula is C18H15FN2O3S. The van der Waals surface area contributed by atoms with E-state index in [9.17, 15) is 12.8 Å². The first-order valence-electron chi connectivity index (χ1n) is 7.38. The molecule has 3 aromatic rings. The molecule has 25 heavy (non-hydrogen) atoms. The number of nitrogens with zero attached hydrogens (tertiary/aromatic N) is 1. The second kappa shape index (κ2) is 6.90.